The molecule has 2 heterocycles. The summed E-state index contributed by atoms with van der Waals surface area (Å²) in [4.78, 5) is 19.5. The third-order valence-corrected chi connectivity index (χ3v) is 7.00. The Labute approximate surface area is 218 Å². The zero-order valence-electron chi connectivity index (χ0n) is 20.8. The number of para-hydroxylation sites is 1. The number of nitrogens with zero attached hydrogens (tertiary/aromatic N) is 3. The Hall–Kier alpha value is -3.66. The Kier molecular flexibility index (Phi) is 8.07. The number of carbonyl (C=O) groups is 1. The van der Waals surface area contributed by atoms with E-state index in [9.17, 15) is 13.6 Å². The second-order valence-electron chi connectivity index (χ2n) is 9.75. The standard InChI is InChI=1S/C28H29F2N3O5/c29-28(30)37-23-7-2-1-6-21(23)25-22(26(38-33-25)18-8-9-18)16-36-20(14-17-4-3-5-17)12-13-31-24-11-10-19(15-32-24)27(34)35/h1-2,6-7,10-11,13,15,17-18,20,28H,3-5,8-9,12,14,16H2,(H,34,35)/t20-/m1/s1. The van der Waals surface area contributed by atoms with E-state index in [0.717, 1.165) is 30.6 Å². The highest BCUT2D eigenvalue weighted by Crippen LogP contribution is 2.45. The summed E-state index contributed by atoms with van der Waals surface area (Å²) >= 11 is 0. The van der Waals surface area contributed by atoms with Gasteiger partial charge in [-0.1, -0.05) is 36.6 Å². The van der Waals surface area contributed by atoms with Crippen LogP contribution in [0.3, 0.4) is 0 Å². The van der Waals surface area contributed by atoms with Crippen molar-refractivity contribution in [1.82, 2.24) is 10.1 Å². The SMILES string of the molecule is O=C(O)c1ccc(N=CC[C@H](CC2CCC2)OCc2c(-c3ccccc3OC(F)F)noc2C2CC2)nc1. The van der Waals surface area contributed by atoms with Crippen molar-refractivity contribution in [2.75, 3.05) is 0 Å². The Morgan fingerprint density at radius 3 is 2.66 bits per heavy atom. The molecule has 2 aromatic heterocycles. The van der Waals surface area contributed by atoms with E-state index in [0.29, 0.717) is 29.4 Å². The molecule has 0 bridgehead atoms. The predicted molar refractivity (Wildman–Crippen MR) is 135 cm³/mol. The molecule has 2 fully saturated rings. The van der Waals surface area contributed by atoms with Crippen molar-refractivity contribution in [3.63, 3.8) is 0 Å². The van der Waals surface area contributed by atoms with Crippen molar-refractivity contribution in [2.45, 2.75) is 70.2 Å². The maximum atomic E-state index is 13.0. The van der Waals surface area contributed by atoms with Crippen LogP contribution >= 0.6 is 0 Å². The van der Waals surface area contributed by atoms with E-state index in [1.54, 1.807) is 30.5 Å². The first-order valence-electron chi connectivity index (χ1n) is 12.8. The van der Waals surface area contributed by atoms with Crippen molar-refractivity contribution in [3.8, 4) is 17.0 Å². The summed E-state index contributed by atoms with van der Waals surface area (Å²) in [6, 6.07) is 9.59. The van der Waals surface area contributed by atoms with Crippen LogP contribution in [0.1, 0.15) is 72.5 Å². The summed E-state index contributed by atoms with van der Waals surface area (Å²) in [5.74, 6) is 1.01. The maximum absolute atomic E-state index is 13.0. The summed E-state index contributed by atoms with van der Waals surface area (Å²) in [5, 5.41) is 13.3. The van der Waals surface area contributed by atoms with Gasteiger partial charge in [-0.15, -0.1) is 0 Å². The number of aromatic nitrogens is 2. The van der Waals surface area contributed by atoms with E-state index in [1.807, 2.05) is 0 Å². The number of aromatic carboxylic acids is 1. The summed E-state index contributed by atoms with van der Waals surface area (Å²) in [6.07, 6.45) is 9.85. The molecule has 1 aromatic carbocycles. The third kappa shape index (κ3) is 6.42. The Balaban J connectivity index is 1.32. The second kappa shape index (κ2) is 11.8. The number of rotatable bonds is 13. The molecule has 8 nitrogen and oxygen atoms in total. The minimum Gasteiger partial charge on any atom is -0.478 e. The molecule has 0 saturated heterocycles. The van der Waals surface area contributed by atoms with E-state index < -0.39 is 12.6 Å². The van der Waals surface area contributed by atoms with Crippen molar-refractivity contribution >= 4 is 18.0 Å². The highest BCUT2D eigenvalue weighted by Gasteiger charge is 2.34. The number of carboxylic acid groups (broad SMARTS) is 1. The van der Waals surface area contributed by atoms with Gasteiger partial charge in [-0.05, 0) is 49.4 Å². The van der Waals surface area contributed by atoms with Gasteiger partial charge in [0.15, 0.2) is 5.82 Å². The Morgan fingerprint density at radius 2 is 2.00 bits per heavy atom. The van der Waals surface area contributed by atoms with Gasteiger partial charge in [0, 0.05) is 35.9 Å². The van der Waals surface area contributed by atoms with Crippen LogP contribution in [-0.4, -0.2) is 40.1 Å². The lowest BCUT2D eigenvalue weighted by atomic mass is 9.81. The number of pyridine rings is 1. The molecule has 5 rings (SSSR count). The molecule has 10 heteroatoms. The van der Waals surface area contributed by atoms with Gasteiger partial charge >= 0.3 is 12.6 Å². The van der Waals surface area contributed by atoms with Gasteiger partial charge in [-0.2, -0.15) is 8.78 Å². The Morgan fingerprint density at radius 1 is 1.18 bits per heavy atom. The van der Waals surface area contributed by atoms with Gasteiger partial charge in [0.2, 0.25) is 0 Å². The van der Waals surface area contributed by atoms with Gasteiger partial charge in [-0.3, -0.25) is 0 Å². The first-order valence-corrected chi connectivity index (χ1v) is 12.8. The molecule has 2 aliphatic rings. The number of benzene rings is 1. The minimum absolute atomic E-state index is 0.0407. The molecule has 38 heavy (non-hydrogen) atoms. The van der Waals surface area contributed by atoms with E-state index in [4.69, 9.17) is 19.1 Å². The van der Waals surface area contributed by atoms with E-state index >= 15 is 0 Å². The monoisotopic (exact) mass is 525 g/mol. The number of hydrogen-bond donors (Lipinski definition) is 1. The molecule has 1 N–H and O–H groups in total. The highest BCUT2D eigenvalue weighted by atomic mass is 19.3. The fourth-order valence-corrected chi connectivity index (χ4v) is 4.59. The first-order chi connectivity index (χ1) is 18.5. The van der Waals surface area contributed by atoms with Gasteiger partial charge < -0.3 is 19.1 Å². The fraction of sp³-hybridized carbons (Fsp3) is 0.429. The summed E-state index contributed by atoms with van der Waals surface area (Å²) in [5.41, 5.74) is 1.77. The number of carboxylic acids is 1. The zero-order chi connectivity index (χ0) is 26.5. The molecule has 3 aromatic rings. The van der Waals surface area contributed by atoms with Gasteiger partial charge in [-0.25, -0.2) is 14.8 Å². The molecule has 0 amide bonds. The average molecular weight is 526 g/mol. The van der Waals surface area contributed by atoms with Crippen molar-refractivity contribution in [3.05, 3.63) is 59.5 Å². The van der Waals surface area contributed by atoms with Crippen LogP contribution in [0.15, 0.2) is 52.1 Å². The number of ether oxygens (including phenoxy) is 2. The van der Waals surface area contributed by atoms with Crippen LogP contribution in [0.25, 0.3) is 11.3 Å². The summed E-state index contributed by atoms with van der Waals surface area (Å²) in [6.45, 7) is -2.73. The number of aliphatic imine (C=N–C) groups is 1. The summed E-state index contributed by atoms with van der Waals surface area (Å²) in [7, 11) is 0. The Bertz CT molecular complexity index is 1270. The van der Waals surface area contributed by atoms with Gasteiger partial charge in [0.1, 0.15) is 17.2 Å². The topological polar surface area (TPSA) is 107 Å². The second-order valence-corrected chi connectivity index (χ2v) is 9.75. The van der Waals surface area contributed by atoms with Crippen LogP contribution in [-0.2, 0) is 11.3 Å². The van der Waals surface area contributed by atoms with Gasteiger partial charge in [0.05, 0.1) is 18.3 Å². The van der Waals surface area contributed by atoms with Gasteiger partial charge in [0.25, 0.3) is 0 Å². The lowest BCUT2D eigenvalue weighted by Crippen LogP contribution is -2.22. The van der Waals surface area contributed by atoms with E-state index in [2.05, 4.69) is 15.1 Å². The van der Waals surface area contributed by atoms with E-state index in [1.165, 1.54) is 37.6 Å². The van der Waals surface area contributed by atoms with Crippen molar-refractivity contribution in [1.29, 1.82) is 0 Å². The molecule has 0 radical (unpaired) electrons. The lowest BCUT2D eigenvalue weighted by molar-refractivity contribution is -0.0494. The predicted octanol–water partition coefficient (Wildman–Crippen LogP) is 6.78. The molecule has 2 saturated carbocycles. The third-order valence-electron chi connectivity index (χ3n) is 7.00. The average Bonchev–Trinajstić information content (AvgIpc) is 3.64. The largest absolute Gasteiger partial charge is 0.478 e. The molecule has 0 spiro atoms. The molecule has 1 atom stereocenters. The quantitative estimate of drug-likeness (QED) is 0.245. The molecular weight excluding hydrogens is 496 g/mol. The normalized spacial score (nSPS) is 16.6. The lowest BCUT2D eigenvalue weighted by Gasteiger charge is -2.29. The maximum Gasteiger partial charge on any atom is 0.387 e. The van der Waals surface area contributed by atoms with E-state index in [-0.39, 0.29) is 29.9 Å². The minimum atomic E-state index is -2.95. The van der Waals surface area contributed by atoms with Crippen LogP contribution in [0.5, 0.6) is 5.75 Å². The number of hydrogen-bond acceptors (Lipinski definition) is 7. The van der Waals surface area contributed by atoms with Crippen LogP contribution in [0.4, 0.5) is 14.6 Å². The summed E-state index contributed by atoms with van der Waals surface area (Å²) < 4.78 is 42.9. The number of alkyl halides is 2. The molecular formula is C28H29F2N3O5. The van der Waals surface area contributed by atoms with Crippen LogP contribution in [0, 0.1) is 5.92 Å². The molecule has 0 unspecified atom stereocenters. The van der Waals surface area contributed by atoms with Crippen LogP contribution in [0.2, 0.25) is 0 Å². The highest BCUT2D eigenvalue weighted by molar-refractivity contribution is 5.87. The molecule has 2 aliphatic carbocycles. The molecule has 200 valence electrons. The smallest absolute Gasteiger partial charge is 0.387 e. The van der Waals surface area contributed by atoms with Crippen molar-refractivity contribution < 1.29 is 32.7 Å². The number of halogens is 2. The zero-order valence-corrected chi connectivity index (χ0v) is 20.8. The fourth-order valence-electron chi connectivity index (χ4n) is 4.59. The van der Waals surface area contributed by atoms with Crippen molar-refractivity contribution in [2.24, 2.45) is 10.9 Å². The van der Waals surface area contributed by atoms with Crippen LogP contribution < -0.4 is 4.74 Å². The molecule has 0 aliphatic heterocycles. The first kappa shape index (κ1) is 26.0.